The minimum atomic E-state index is -0.332. The highest BCUT2D eigenvalue weighted by Crippen LogP contribution is 2.24. The summed E-state index contributed by atoms with van der Waals surface area (Å²) in [5, 5.41) is 12.8. The summed E-state index contributed by atoms with van der Waals surface area (Å²) in [6, 6.07) is 3.65. The van der Waals surface area contributed by atoms with Crippen LogP contribution in [0.4, 0.5) is 0 Å². The Hall–Kier alpha value is -0.590. The number of nitriles is 1. The van der Waals surface area contributed by atoms with E-state index in [2.05, 4.69) is 44.0 Å². The molecule has 1 fully saturated rings. The normalized spacial score (nSPS) is 18.9. The Morgan fingerprint density at radius 3 is 2.37 bits per heavy atom. The van der Waals surface area contributed by atoms with E-state index in [1.165, 1.54) is 12.8 Å². The third-order valence-electron chi connectivity index (χ3n) is 3.80. The SMILES string of the molecule is CC(C)CN(CCCC(C)(C#N)NC1CC1)C(C)C. The monoisotopic (exact) mass is 265 g/mol. The van der Waals surface area contributed by atoms with Gasteiger partial charge in [0.2, 0.25) is 0 Å². The van der Waals surface area contributed by atoms with Gasteiger partial charge in [0.15, 0.2) is 0 Å². The highest BCUT2D eigenvalue weighted by Gasteiger charge is 2.32. The van der Waals surface area contributed by atoms with Crippen LogP contribution in [0.5, 0.6) is 0 Å². The number of nitrogens with one attached hydrogen (secondary N) is 1. The summed E-state index contributed by atoms with van der Waals surface area (Å²) in [7, 11) is 0. The summed E-state index contributed by atoms with van der Waals surface area (Å²) in [5.74, 6) is 0.703. The molecule has 1 atom stereocenters. The van der Waals surface area contributed by atoms with E-state index < -0.39 is 0 Å². The van der Waals surface area contributed by atoms with Crippen LogP contribution in [0.3, 0.4) is 0 Å². The average molecular weight is 265 g/mol. The molecule has 110 valence electrons. The lowest BCUT2D eigenvalue weighted by atomic mass is 9.97. The van der Waals surface area contributed by atoms with Gasteiger partial charge in [0, 0.05) is 18.6 Å². The number of hydrogen-bond acceptors (Lipinski definition) is 3. The second-order valence-electron chi connectivity index (χ2n) is 6.95. The summed E-state index contributed by atoms with van der Waals surface area (Å²) in [6.45, 7) is 13.3. The van der Waals surface area contributed by atoms with Crippen LogP contribution in [0, 0.1) is 17.2 Å². The predicted molar refractivity (Wildman–Crippen MR) is 81.0 cm³/mol. The molecule has 1 saturated carbocycles. The summed E-state index contributed by atoms with van der Waals surface area (Å²) in [6.07, 6.45) is 4.52. The van der Waals surface area contributed by atoms with Gasteiger partial charge in [-0.25, -0.2) is 0 Å². The molecule has 1 rings (SSSR count). The average Bonchev–Trinajstić information content (AvgIpc) is 3.11. The molecular formula is C16H31N3. The Balaban J connectivity index is 2.34. The van der Waals surface area contributed by atoms with Gasteiger partial charge in [0.05, 0.1) is 6.07 Å². The van der Waals surface area contributed by atoms with Crippen molar-refractivity contribution in [1.29, 1.82) is 5.26 Å². The van der Waals surface area contributed by atoms with Crippen LogP contribution in [0.15, 0.2) is 0 Å². The minimum Gasteiger partial charge on any atom is -0.301 e. The van der Waals surface area contributed by atoms with E-state index in [0.29, 0.717) is 18.0 Å². The van der Waals surface area contributed by atoms with Crippen LogP contribution < -0.4 is 5.32 Å². The zero-order valence-electron chi connectivity index (χ0n) is 13.4. The van der Waals surface area contributed by atoms with E-state index in [-0.39, 0.29) is 5.54 Å². The first kappa shape index (κ1) is 16.5. The van der Waals surface area contributed by atoms with E-state index in [1.807, 2.05) is 6.92 Å². The Morgan fingerprint density at radius 1 is 1.32 bits per heavy atom. The quantitative estimate of drug-likeness (QED) is 0.696. The molecular weight excluding hydrogens is 234 g/mol. The molecule has 0 heterocycles. The molecule has 1 unspecified atom stereocenters. The maximum Gasteiger partial charge on any atom is 0.104 e. The molecule has 0 amide bonds. The van der Waals surface area contributed by atoms with Crippen molar-refractivity contribution in [2.24, 2.45) is 5.92 Å². The van der Waals surface area contributed by atoms with Crippen LogP contribution >= 0.6 is 0 Å². The lowest BCUT2D eigenvalue weighted by molar-refractivity contribution is 0.189. The van der Waals surface area contributed by atoms with Crippen molar-refractivity contribution in [3.8, 4) is 6.07 Å². The van der Waals surface area contributed by atoms with Gasteiger partial charge in [-0.3, -0.25) is 5.32 Å². The van der Waals surface area contributed by atoms with Crippen LogP contribution in [0.2, 0.25) is 0 Å². The van der Waals surface area contributed by atoms with Crippen molar-refractivity contribution in [2.45, 2.75) is 77.9 Å². The molecule has 3 heteroatoms. The summed E-state index contributed by atoms with van der Waals surface area (Å²) >= 11 is 0. The molecule has 0 spiro atoms. The van der Waals surface area contributed by atoms with Gasteiger partial charge in [-0.15, -0.1) is 0 Å². The summed E-state index contributed by atoms with van der Waals surface area (Å²) in [4.78, 5) is 2.53. The molecule has 0 aliphatic heterocycles. The van der Waals surface area contributed by atoms with E-state index in [4.69, 9.17) is 0 Å². The molecule has 0 saturated heterocycles. The Labute approximate surface area is 119 Å². The molecule has 1 aliphatic rings. The maximum atomic E-state index is 9.36. The molecule has 0 aromatic rings. The topological polar surface area (TPSA) is 39.1 Å². The Kier molecular flexibility index (Phi) is 6.29. The minimum absolute atomic E-state index is 0.332. The Morgan fingerprint density at radius 2 is 1.95 bits per heavy atom. The van der Waals surface area contributed by atoms with Crippen molar-refractivity contribution in [2.75, 3.05) is 13.1 Å². The summed E-state index contributed by atoms with van der Waals surface area (Å²) < 4.78 is 0. The highest BCUT2D eigenvalue weighted by atomic mass is 15.1. The molecule has 0 radical (unpaired) electrons. The molecule has 1 aliphatic carbocycles. The van der Waals surface area contributed by atoms with E-state index in [0.717, 1.165) is 25.9 Å². The third-order valence-corrected chi connectivity index (χ3v) is 3.80. The van der Waals surface area contributed by atoms with Crippen molar-refractivity contribution >= 4 is 0 Å². The predicted octanol–water partition coefficient (Wildman–Crippen LogP) is 3.17. The zero-order chi connectivity index (χ0) is 14.5. The van der Waals surface area contributed by atoms with Crippen molar-refractivity contribution in [3.63, 3.8) is 0 Å². The number of nitrogens with zero attached hydrogens (tertiary/aromatic N) is 2. The molecule has 0 aromatic carbocycles. The van der Waals surface area contributed by atoms with E-state index >= 15 is 0 Å². The van der Waals surface area contributed by atoms with Gasteiger partial charge in [-0.2, -0.15) is 5.26 Å². The van der Waals surface area contributed by atoms with Crippen molar-refractivity contribution in [1.82, 2.24) is 10.2 Å². The van der Waals surface area contributed by atoms with Crippen LogP contribution in [-0.2, 0) is 0 Å². The maximum absolute atomic E-state index is 9.36. The van der Waals surface area contributed by atoms with Gasteiger partial charge in [0.1, 0.15) is 5.54 Å². The van der Waals surface area contributed by atoms with Crippen molar-refractivity contribution < 1.29 is 0 Å². The Bertz CT molecular complexity index is 302. The fourth-order valence-corrected chi connectivity index (χ4v) is 2.50. The van der Waals surface area contributed by atoms with Crippen LogP contribution in [-0.4, -0.2) is 35.6 Å². The highest BCUT2D eigenvalue weighted by molar-refractivity contribution is 5.07. The van der Waals surface area contributed by atoms with E-state index in [9.17, 15) is 5.26 Å². The van der Waals surface area contributed by atoms with Crippen molar-refractivity contribution in [3.05, 3.63) is 0 Å². The molecule has 3 nitrogen and oxygen atoms in total. The van der Waals surface area contributed by atoms with Gasteiger partial charge < -0.3 is 4.90 Å². The van der Waals surface area contributed by atoms with E-state index in [1.54, 1.807) is 0 Å². The number of hydrogen-bond donors (Lipinski definition) is 1. The largest absolute Gasteiger partial charge is 0.301 e. The molecule has 1 N–H and O–H groups in total. The first-order valence-corrected chi connectivity index (χ1v) is 7.79. The zero-order valence-corrected chi connectivity index (χ0v) is 13.4. The lowest BCUT2D eigenvalue weighted by Crippen LogP contribution is -2.43. The van der Waals surface area contributed by atoms with Gasteiger partial charge >= 0.3 is 0 Å². The van der Waals surface area contributed by atoms with Crippen LogP contribution in [0.25, 0.3) is 0 Å². The van der Waals surface area contributed by atoms with Gasteiger partial charge in [-0.05, 0) is 58.9 Å². The third kappa shape index (κ3) is 6.40. The molecule has 0 aromatic heterocycles. The lowest BCUT2D eigenvalue weighted by Gasteiger charge is -2.30. The second kappa shape index (κ2) is 7.26. The van der Waals surface area contributed by atoms with Crippen LogP contribution in [0.1, 0.15) is 60.3 Å². The van der Waals surface area contributed by atoms with Gasteiger partial charge in [-0.1, -0.05) is 13.8 Å². The first-order chi connectivity index (χ1) is 8.86. The second-order valence-corrected chi connectivity index (χ2v) is 6.95. The number of rotatable bonds is 9. The fourth-order valence-electron chi connectivity index (χ4n) is 2.50. The smallest absolute Gasteiger partial charge is 0.104 e. The first-order valence-electron chi connectivity index (χ1n) is 7.79. The fraction of sp³-hybridized carbons (Fsp3) is 0.938. The van der Waals surface area contributed by atoms with Gasteiger partial charge in [0.25, 0.3) is 0 Å². The standard InChI is InChI=1S/C16H31N3/c1-13(2)11-19(14(3)4)10-6-9-16(5,12-17)18-15-7-8-15/h13-15,18H,6-11H2,1-5H3. The summed E-state index contributed by atoms with van der Waals surface area (Å²) in [5.41, 5.74) is -0.332. The molecule has 19 heavy (non-hydrogen) atoms. The molecule has 0 bridgehead atoms.